The van der Waals surface area contributed by atoms with Gasteiger partial charge in [0.25, 0.3) is 5.91 Å². The predicted octanol–water partition coefficient (Wildman–Crippen LogP) is 5.45. The molecule has 0 saturated carbocycles. The largest absolute Gasteiger partial charge is 0.480 e. The Morgan fingerprint density at radius 3 is 1.96 bits per heavy atom. The summed E-state index contributed by atoms with van der Waals surface area (Å²) in [5.41, 5.74) is 1.46. The van der Waals surface area contributed by atoms with E-state index in [4.69, 9.17) is 5.11 Å². The highest BCUT2D eigenvalue weighted by Gasteiger charge is 2.28. The Bertz CT molecular complexity index is 556. The van der Waals surface area contributed by atoms with Gasteiger partial charge in [-0.3, -0.25) is 10.0 Å². The second-order valence-electron chi connectivity index (χ2n) is 7.21. The van der Waals surface area contributed by atoms with Crippen LogP contribution < -0.4 is 0 Å². The van der Waals surface area contributed by atoms with Crippen molar-refractivity contribution >= 4 is 11.9 Å². The third kappa shape index (κ3) is 8.57. The zero-order chi connectivity index (χ0) is 20.1. The molecule has 0 aromatic heterocycles. The highest BCUT2D eigenvalue weighted by molar-refractivity contribution is 5.95. The molecule has 1 rings (SSSR count). The van der Waals surface area contributed by atoms with Gasteiger partial charge in [-0.15, -0.1) is 0 Å². The van der Waals surface area contributed by atoms with Crippen molar-refractivity contribution in [1.82, 2.24) is 5.06 Å². The van der Waals surface area contributed by atoms with Crippen molar-refractivity contribution in [3.8, 4) is 0 Å². The Hall–Kier alpha value is -1.88. The minimum atomic E-state index is -1.21. The molecule has 1 aromatic carbocycles. The molecule has 0 bridgehead atoms. The molecule has 5 heteroatoms. The number of amides is 1. The van der Waals surface area contributed by atoms with Gasteiger partial charge in [-0.05, 0) is 37.0 Å². The SMILES string of the molecule is CCCCCCCCCCc1ccc(C(=O)N(O)C(CCC)C(=O)O)cc1. The van der Waals surface area contributed by atoms with Gasteiger partial charge in [-0.2, -0.15) is 0 Å². The van der Waals surface area contributed by atoms with Crippen LogP contribution in [0.25, 0.3) is 0 Å². The first kappa shape index (κ1) is 23.2. The molecule has 0 spiro atoms. The second kappa shape index (κ2) is 13.3. The maximum Gasteiger partial charge on any atom is 0.329 e. The molecule has 1 atom stereocenters. The normalized spacial score (nSPS) is 12.0. The Labute approximate surface area is 163 Å². The molecular formula is C22H35NO4. The molecule has 0 aliphatic heterocycles. The van der Waals surface area contributed by atoms with Gasteiger partial charge in [-0.25, -0.2) is 9.86 Å². The number of aliphatic carboxylic acids is 1. The summed E-state index contributed by atoms with van der Waals surface area (Å²) in [6, 6.07) is 5.89. The van der Waals surface area contributed by atoms with E-state index in [1.165, 1.54) is 44.9 Å². The van der Waals surface area contributed by atoms with Gasteiger partial charge in [0.15, 0.2) is 6.04 Å². The van der Waals surface area contributed by atoms with Crippen LogP contribution in [-0.4, -0.2) is 33.3 Å². The summed E-state index contributed by atoms with van der Waals surface area (Å²) in [7, 11) is 0. The maximum absolute atomic E-state index is 12.3. The smallest absolute Gasteiger partial charge is 0.329 e. The monoisotopic (exact) mass is 377 g/mol. The molecule has 152 valence electrons. The number of carbonyl (C=O) groups is 2. The van der Waals surface area contributed by atoms with E-state index in [9.17, 15) is 14.8 Å². The molecule has 0 aliphatic rings. The minimum absolute atomic E-state index is 0.216. The van der Waals surface area contributed by atoms with Gasteiger partial charge in [0.2, 0.25) is 0 Å². The van der Waals surface area contributed by atoms with Gasteiger partial charge >= 0.3 is 5.97 Å². The number of hydrogen-bond donors (Lipinski definition) is 2. The van der Waals surface area contributed by atoms with Crippen LogP contribution in [0.5, 0.6) is 0 Å². The van der Waals surface area contributed by atoms with Gasteiger partial charge < -0.3 is 5.11 Å². The summed E-state index contributed by atoms with van der Waals surface area (Å²) in [5, 5.41) is 19.5. The van der Waals surface area contributed by atoms with E-state index in [0.717, 1.165) is 18.4 Å². The molecule has 2 N–H and O–H groups in total. The van der Waals surface area contributed by atoms with E-state index < -0.39 is 17.9 Å². The first-order valence-electron chi connectivity index (χ1n) is 10.3. The summed E-state index contributed by atoms with van der Waals surface area (Å²) in [6.07, 6.45) is 12.0. The van der Waals surface area contributed by atoms with Gasteiger partial charge in [-0.1, -0.05) is 77.3 Å². The molecular weight excluding hydrogens is 342 g/mol. The molecule has 5 nitrogen and oxygen atoms in total. The van der Waals surface area contributed by atoms with Crippen LogP contribution in [0, 0.1) is 0 Å². The van der Waals surface area contributed by atoms with Crippen molar-refractivity contribution in [3.05, 3.63) is 35.4 Å². The van der Waals surface area contributed by atoms with E-state index in [1.54, 1.807) is 12.1 Å². The average molecular weight is 378 g/mol. The molecule has 0 radical (unpaired) electrons. The van der Waals surface area contributed by atoms with Crippen LogP contribution >= 0.6 is 0 Å². The summed E-state index contributed by atoms with van der Waals surface area (Å²) < 4.78 is 0. The van der Waals surface area contributed by atoms with Crippen LogP contribution in [0.2, 0.25) is 0 Å². The molecule has 0 heterocycles. The number of carboxylic acids is 1. The molecule has 0 saturated heterocycles. The maximum atomic E-state index is 12.3. The molecule has 0 fully saturated rings. The highest BCUT2D eigenvalue weighted by Crippen LogP contribution is 2.15. The summed E-state index contributed by atoms with van der Waals surface area (Å²) in [5.74, 6) is -1.87. The number of aryl methyl sites for hydroxylation is 1. The van der Waals surface area contributed by atoms with E-state index >= 15 is 0 Å². The number of nitrogens with zero attached hydrogens (tertiary/aromatic N) is 1. The van der Waals surface area contributed by atoms with Crippen molar-refractivity contribution in [2.45, 2.75) is 90.5 Å². The lowest BCUT2D eigenvalue weighted by Gasteiger charge is -2.22. The first-order valence-corrected chi connectivity index (χ1v) is 10.3. The van der Waals surface area contributed by atoms with Crippen molar-refractivity contribution in [2.24, 2.45) is 0 Å². The molecule has 0 aliphatic carbocycles. The van der Waals surface area contributed by atoms with Crippen molar-refractivity contribution < 1.29 is 19.9 Å². The van der Waals surface area contributed by atoms with Crippen LogP contribution in [0.1, 0.15) is 94.0 Å². The lowest BCUT2D eigenvalue weighted by molar-refractivity contribution is -0.158. The second-order valence-corrected chi connectivity index (χ2v) is 7.21. The summed E-state index contributed by atoms with van der Waals surface area (Å²) in [4.78, 5) is 23.5. The fraction of sp³-hybridized carbons (Fsp3) is 0.636. The Morgan fingerprint density at radius 1 is 0.889 bits per heavy atom. The Kier molecular flexibility index (Phi) is 11.4. The summed E-state index contributed by atoms with van der Waals surface area (Å²) in [6.45, 7) is 4.04. The third-order valence-corrected chi connectivity index (χ3v) is 4.87. The molecule has 1 unspecified atom stereocenters. The van der Waals surface area contributed by atoms with Crippen molar-refractivity contribution in [1.29, 1.82) is 0 Å². The number of hydroxylamine groups is 2. The van der Waals surface area contributed by atoms with Gasteiger partial charge in [0.1, 0.15) is 0 Å². The number of hydrogen-bond acceptors (Lipinski definition) is 3. The molecule has 1 aromatic rings. The lowest BCUT2D eigenvalue weighted by atomic mass is 10.0. The van der Waals surface area contributed by atoms with Gasteiger partial charge in [0.05, 0.1) is 0 Å². The quantitative estimate of drug-likeness (QED) is 0.256. The fourth-order valence-electron chi connectivity index (χ4n) is 3.17. The molecule has 1 amide bonds. The number of carbonyl (C=O) groups excluding carboxylic acids is 1. The fourth-order valence-corrected chi connectivity index (χ4v) is 3.17. The van der Waals surface area contributed by atoms with Crippen LogP contribution in [0.15, 0.2) is 24.3 Å². The van der Waals surface area contributed by atoms with Crippen molar-refractivity contribution in [2.75, 3.05) is 0 Å². The van der Waals surface area contributed by atoms with E-state index in [2.05, 4.69) is 6.92 Å². The standard InChI is InChI=1S/C22H35NO4/c1-3-5-6-7-8-9-10-11-13-18-14-16-19(17-15-18)21(24)23(27)20(12-4-2)22(25)26/h14-17,20,27H,3-13H2,1-2H3,(H,25,26). The van der Waals surface area contributed by atoms with Crippen LogP contribution in [0.3, 0.4) is 0 Å². The summed E-state index contributed by atoms with van der Waals surface area (Å²) >= 11 is 0. The highest BCUT2D eigenvalue weighted by atomic mass is 16.5. The minimum Gasteiger partial charge on any atom is -0.480 e. The predicted molar refractivity (Wildman–Crippen MR) is 107 cm³/mol. The zero-order valence-electron chi connectivity index (χ0n) is 16.8. The van der Waals surface area contributed by atoms with E-state index in [0.29, 0.717) is 17.0 Å². The topological polar surface area (TPSA) is 77.8 Å². The van der Waals surface area contributed by atoms with Crippen molar-refractivity contribution in [3.63, 3.8) is 0 Å². The Balaban J connectivity index is 2.42. The van der Waals surface area contributed by atoms with Gasteiger partial charge in [0, 0.05) is 5.56 Å². The third-order valence-electron chi connectivity index (χ3n) is 4.87. The van der Waals surface area contributed by atoms with E-state index in [1.807, 2.05) is 19.1 Å². The average Bonchev–Trinajstić information content (AvgIpc) is 2.67. The van der Waals surface area contributed by atoms with Crippen LogP contribution in [0.4, 0.5) is 0 Å². The Morgan fingerprint density at radius 2 is 1.44 bits per heavy atom. The molecule has 27 heavy (non-hydrogen) atoms. The number of rotatable bonds is 14. The number of unbranched alkanes of at least 4 members (excludes halogenated alkanes) is 7. The van der Waals surface area contributed by atoms with E-state index in [-0.39, 0.29) is 6.42 Å². The number of benzene rings is 1. The first-order chi connectivity index (χ1) is 13.0. The zero-order valence-corrected chi connectivity index (χ0v) is 16.8. The van der Waals surface area contributed by atoms with Crippen LogP contribution in [-0.2, 0) is 11.2 Å². The number of carboxylic acid groups (broad SMARTS) is 1. The lowest BCUT2D eigenvalue weighted by Crippen LogP contribution is -2.42.